The smallest absolute Gasteiger partial charge is 0.123 e. The normalized spacial score (nSPS) is 17.8. The Bertz CT molecular complexity index is 404. The molecule has 21 heavy (non-hydrogen) atoms. The predicted molar refractivity (Wildman–Crippen MR) is 84.9 cm³/mol. The van der Waals surface area contributed by atoms with E-state index in [1.807, 2.05) is 12.1 Å². The van der Waals surface area contributed by atoms with Gasteiger partial charge in [-0.2, -0.15) is 0 Å². The van der Waals surface area contributed by atoms with Gasteiger partial charge in [-0.1, -0.05) is 19.1 Å². The van der Waals surface area contributed by atoms with E-state index in [0.29, 0.717) is 5.92 Å². The van der Waals surface area contributed by atoms with Gasteiger partial charge in [0.25, 0.3) is 0 Å². The van der Waals surface area contributed by atoms with Crippen LogP contribution in [0.2, 0.25) is 0 Å². The van der Waals surface area contributed by atoms with Crippen LogP contribution in [0.15, 0.2) is 24.3 Å². The van der Waals surface area contributed by atoms with E-state index in [0.717, 1.165) is 50.6 Å². The molecule has 0 saturated carbocycles. The number of nitrogens with one attached hydrogen (secondary N) is 1. The van der Waals surface area contributed by atoms with Gasteiger partial charge >= 0.3 is 0 Å². The molecule has 0 bridgehead atoms. The maximum atomic E-state index is 13.4. The summed E-state index contributed by atoms with van der Waals surface area (Å²) in [6.45, 7) is 6.08. The monoisotopic (exact) mass is 293 g/mol. The molecular formula is C18H28FNO. The summed E-state index contributed by atoms with van der Waals surface area (Å²) in [6.07, 6.45) is 5.69. The average Bonchev–Trinajstić information content (AvgIpc) is 2.48. The van der Waals surface area contributed by atoms with E-state index >= 15 is 0 Å². The van der Waals surface area contributed by atoms with Crippen molar-refractivity contribution in [3.63, 3.8) is 0 Å². The molecule has 0 spiro atoms. The quantitative estimate of drug-likeness (QED) is 0.736. The van der Waals surface area contributed by atoms with Gasteiger partial charge in [-0.15, -0.1) is 0 Å². The summed E-state index contributed by atoms with van der Waals surface area (Å²) >= 11 is 0. The molecule has 0 aliphatic carbocycles. The molecule has 1 saturated heterocycles. The van der Waals surface area contributed by atoms with E-state index < -0.39 is 0 Å². The molecule has 1 aliphatic heterocycles. The van der Waals surface area contributed by atoms with Crippen LogP contribution >= 0.6 is 0 Å². The van der Waals surface area contributed by atoms with E-state index in [1.54, 1.807) is 6.07 Å². The highest BCUT2D eigenvalue weighted by Gasteiger charge is 2.19. The van der Waals surface area contributed by atoms with Crippen molar-refractivity contribution >= 4 is 0 Å². The van der Waals surface area contributed by atoms with Gasteiger partial charge in [0.1, 0.15) is 5.82 Å². The van der Waals surface area contributed by atoms with Gasteiger partial charge in [-0.3, -0.25) is 0 Å². The molecule has 1 aromatic rings. The summed E-state index contributed by atoms with van der Waals surface area (Å²) in [5, 5.41) is 3.53. The molecular weight excluding hydrogens is 265 g/mol. The lowest BCUT2D eigenvalue weighted by atomic mass is 9.85. The number of halogens is 1. The van der Waals surface area contributed by atoms with Crippen molar-refractivity contribution in [2.75, 3.05) is 26.3 Å². The molecule has 1 aromatic carbocycles. The zero-order valence-corrected chi connectivity index (χ0v) is 13.1. The number of hydrogen-bond acceptors (Lipinski definition) is 2. The van der Waals surface area contributed by atoms with Crippen molar-refractivity contribution in [1.82, 2.24) is 5.32 Å². The van der Waals surface area contributed by atoms with Crippen molar-refractivity contribution in [2.24, 2.45) is 11.8 Å². The SMILES string of the molecule is CCCNCC(Cc1cccc(F)c1)CC1CCOCC1. The third-order valence-corrected chi connectivity index (χ3v) is 4.28. The van der Waals surface area contributed by atoms with Gasteiger partial charge < -0.3 is 10.1 Å². The van der Waals surface area contributed by atoms with Crippen LogP contribution in [0.25, 0.3) is 0 Å². The Kier molecular flexibility index (Phi) is 7.17. The molecule has 0 aromatic heterocycles. The molecule has 2 nitrogen and oxygen atoms in total. The number of benzene rings is 1. The minimum Gasteiger partial charge on any atom is -0.381 e. The second-order valence-corrected chi connectivity index (χ2v) is 6.20. The molecule has 1 N–H and O–H groups in total. The molecule has 1 fully saturated rings. The molecule has 0 amide bonds. The summed E-state index contributed by atoms with van der Waals surface area (Å²) in [6, 6.07) is 7.05. The lowest BCUT2D eigenvalue weighted by Gasteiger charge is -2.27. The van der Waals surface area contributed by atoms with Crippen LogP contribution in [0, 0.1) is 17.7 Å². The van der Waals surface area contributed by atoms with Crippen molar-refractivity contribution < 1.29 is 9.13 Å². The van der Waals surface area contributed by atoms with E-state index in [9.17, 15) is 4.39 Å². The van der Waals surface area contributed by atoms with Crippen LogP contribution in [0.3, 0.4) is 0 Å². The fourth-order valence-corrected chi connectivity index (χ4v) is 3.17. The topological polar surface area (TPSA) is 21.3 Å². The van der Waals surface area contributed by atoms with Crippen molar-refractivity contribution in [2.45, 2.75) is 39.0 Å². The molecule has 1 atom stereocenters. The fraction of sp³-hybridized carbons (Fsp3) is 0.667. The molecule has 2 rings (SSSR count). The van der Waals surface area contributed by atoms with Crippen LogP contribution in [0.1, 0.15) is 38.2 Å². The van der Waals surface area contributed by atoms with Crippen molar-refractivity contribution in [3.8, 4) is 0 Å². The summed E-state index contributed by atoms with van der Waals surface area (Å²) in [7, 11) is 0. The first-order chi connectivity index (χ1) is 10.3. The van der Waals surface area contributed by atoms with Gasteiger partial charge in [0.15, 0.2) is 0 Å². The molecule has 1 unspecified atom stereocenters. The third-order valence-electron chi connectivity index (χ3n) is 4.28. The lowest BCUT2D eigenvalue weighted by molar-refractivity contribution is 0.0585. The van der Waals surface area contributed by atoms with Crippen LogP contribution in [0.4, 0.5) is 4.39 Å². The Labute approximate surface area is 128 Å². The number of ether oxygens (including phenoxy) is 1. The second kappa shape index (κ2) is 9.16. The van der Waals surface area contributed by atoms with E-state index in [2.05, 4.69) is 12.2 Å². The molecule has 3 heteroatoms. The standard InChI is InChI=1S/C18H28FNO/c1-2-8-20-14-17(11-15-6-9-21-10-7-15)12-16-4-3-5-18(19)13-16/h3-5,13,15,17,20H,2,6-12,14H2,1H3. The fourth-order valence-electron chi connectivity index (χ4n) is 3.17. The Morgan fingerprint density at radius 1 is 1.33 bits per heavy atom. The highest BCUT2D eigenvalue weighted by Crippen LogP contribution is 2.25. The van der Waals surface area contributed by atoms with Crippen LogP contribution in [-0.4, -0.2) is 26.3 Å². The van der Waals surface area contributed by atoms with Gasteiger partial charge in [-0.05, 0) is 74.7 Å². The van der Waals surface area contributed by atoms with Gasteiger partial charge in [0.2, 0.25) is 0 Å². The maximum absolute atomic E-state index is 13.4. The summed E-state index contributed by atoms with van der Waals surface area (Å²) < 4.78 is 18.8. The second-order valence-electron chi connectivity index (χ2n) is 6.20. The van der Waals surface area contributed by atoms with Gasteiger partial charge in [0, 0.05) is 13.2 Å². The summed E-state index contributed by atoms with van der Waals surface area (Å²) in [5.41, 5.74) is 1.12. The van der Waals surface area contributed by atoms with E-state index in [1.165, 1.54) is 25.3 Å². The largest absolute Gasteiger partial charge is 0.381 e. The predicted octanol–water partition coefficient (Wildman–Crippen LogP) is 3.80. The molecule has 0 radical (unpaired) electrons. The van der Waals surface area contributed by atoms with Crippen LogP contribution < -0.4 is 5.32 Å². The summed E-state index contributed by atoms with van der Waals surface area (Å²) in [4.78, 5) is 0. The van der Waals surface area contributed by atoms with Gasteiger partial charge in [-0.25, -0.2) is 4.39 Å². The highest BCUT2D eigenvalue weighted by molar-refractivity contribution is 5.17. The molecule has 1 heterocycles. The zero-order valence-electron chi connectivity index (χ0n) is 13.1. The van der Waals surface area contributed by atoms with Crippen LogP contribution in [0.5, 0.6) is 0 Å². The van der Waals surface area contributed by atoms with Gasteiger partial charge in [0.05, 0.1) is 0 Å². The first-order valence-corrected chi connectivity index (χ1v) is 8.30. The van der Waals surface area contributed by atoms with Crippen molar-refractivity contribution in [3.05, 3.63) is 35.6 Å². The zero-order chi connectivity index (χ0) is 14.9. The summed E-state index contributed by atoms with van der Waals surface area (Å²) in [5.74, 6) is 1.22. The first-order valence-electron chi connectivity index (χ1n) is 8.30. The van der Waals surface area contributed by atoms with E-state index in [4.69, 9.17) is 4.74 Å². The molecule has 1 aliphatic rings. The van der Waals surface area contributed by atoms with E-state index in [-0.39, 0.29) is 5.82 Å². The van der Waals surface area contributed by atoms with Crippen LogP contribution in [-0.2, 0) is 11.2 Å². The minimum atomic E-state index is -0.126. The first kappa shape index (κ1) is 16.4. The maximum Gasteiger partial charge on any atom is 0.123 e. The minimum absolute atomic E-state index is 0.126. The third kappa shape index (κ3) is 6.15. The lowest BCUT2D eigenvalue weighted by Crippen LogP contribution is -2.28. The number of hydrogen-bond donors (Lipinski definition) is 1. The number of rotatable bonds is 8. The average molecular weight is 293 g/mol. The molecule has 118 valence electrons. The highest BCUT2D eigenvalue weighted by atomic mass is 19.1. The Morgan fingerprint density at radius 3 is 2.86 bits per heavy atom. The Balaban J connectivity index is 1.90. The van der Waals surface area contributed by atoms with Crippen molar-refractivity contribution in [1.29, 1.82) is 0 Å². The Hall–Kier alpha value is -0.930. The Morgan fingerprint density at radius 2 is 2.14 bits per heavy atom.